The number of carbonyl (C=O) groups excluding carboxylic acids is 3. The summed E-state index contributed by atoms with van der Waals surface area (Å²) in [6.07, 6.45) is 0.534. The number of Topliss-reactive ketones (excluding diaryl/α,β-unsaturated/α-hetero) is 1. The first-order valence-corrected chi connectivity index (χ1v) is 8.77. The van der Waals surface area contributed by atoms with Crippen LogP contribution < -0.4 is 10.2 Å². The summed E-state index contributed by atoms with van der Waals surface area (Å²) < 4.78 is 13.5. The van der Waals surface area contributed by atoms with Crippen LogP contribution in [-0.2, 0) is 16.0 Å². The van der Waals surface area contributed by atoms with Gasteiger partial charge in [0.05, 0.1) is 0 Å². The van der Waals surface area contributed by atoms with Crippen molar-refractivity contribution in [3.63, 3.8) is 0 Å². The van der Waals surface area contributed by atoms with E-state index < -0.39 is 0 Å². The number of rotatable bonds is 8. The van der Waals surface area contributed by atoms with Crippen molar-refractivity contribution in [2.75, 3.05) is 18.0 Å². The molecule has 0 atom stereocenters. The monoisotopic (exact) mass is 370 g/mol. The Balaban J connectivity index is 1.86. The van der Waals surface area contributed by atoms with Crippen LogP contribution in [0.4, 0.5) is 10.1 Å². The third kappa shape index (κ3) is 6.02. The number of halogens is 1. The predicted molar refractivity (Wildman–Crippen MR) is 102 cm³/mol. The Labute approximate surface area is 158 Å². The van der Waals surface area contributed by atoms with Gasteiger partial charge in [-0.15, -0.1) is 0 Å². The zero-order valence-corrected chi connectivity index (χ0v) is 15.5. The highest BCUT2D eigenvalue weighted by Gasteiger charge is 2.14. The molecule has 0 aliphatic heterocycles. The maximum atomic E-state index is 13.5. The van der Waals surface area contributed by atoms with E-state index in [2.05, 4.69) is 5.32 Å². The fourth-order valence-corrected chi connectivity index (χ4v) is 2.68. The molecule has 0 spiro atoms. The zero-order chi connectivity index (χ0) is 19.8. The van der Waals surface area contributed by atoms with Gasteiger partial charge in [0.15, 0.2) is 5.78 Å². The topological polar surface area (TPSA) is 66.5 Å². The van der Waals surface area contributed by atoms with Crippen LogP contribution in [0.2, 0.25) is 0 Å². The Morgan fingerprint density at radius 1 is 1.00 bits per heavy atom. The van der Waals surface area contributed by atoms with Crippen LogP contribution in [0.1, 0.15) is 36.2 Å². The number of benzene rings is 2. The molecule has 0 saturated carbocycles. The van der Waals surface area contributed by atoms with Crippen molar-refractivity contribution in [1.29, 1.82) is 0 Å². The number of carbonyl (C=O) groups is 3. The number of ketones is 1. The molecule has 0 aromatic heterocycles. The fourth-order valence-electron chi connectivity index (χ4n) is 2.68. The number of nitrogens with one attached hydrogen (secondary N) is 1. The number of anilines is 1. The van der Waals surface area contributed by atoms with E-state index in [1.54, 1.807) is 42.5 Å². The summed E-state index contributed by atoms with van der Waals surface area (Å²) in [4.78, 5) is 36.8. The van der Waals surface area contributed by atoms with E-state index in [-0.39, 0.29) is 36.4 Å². The molecule has 0 aliphatic rings. The zero-order valence-electron chi connectivity index (χ0n) is 15.5. The van der Waals surface area contributed by atoms with E-state index in [9.17, 15) is 18.8 Å². The van der Waals surface area contributed by atoms with Gasteiger partial charge in [-0.2, -0.15) is 0 Å². The van der Waals surface area contributed by atoms with Gasteiger partial charge in [0, 0.05) is 37.7 Å². The predicted octanol–water partition coefficient (Wildman–Crippen LogP) is 3.13. The van der Waals surface area contributed by atoms with Crippen molar-refractivity contribution in [3.8, 4) is 0 Å². The lowest BCUT2D eigenvalue weighted by atomic mass is 10.1. The van der Waals surface area contributed by atoms with E-state index >= 15 is 0 Å². The quantitative estimate of drug-likeness (QED) is 0.726. The Hall–Kier alpha value is -3.02. The van der Waals surface area contributed by atoms with Crippen molar-refractivity contribution >= 4 is 23.3 Å². The second kappa shape index (κ2) is 9.62. The molecule has 5 nitrogen and oxygen atoms in total. The molecule has 2 aromatic carbocycles. The Morgan fingerprint density at radius 2 is 1.67 bits per heavy atom. The molecule has 0 fully saturated rings. The SMILES string of the molecule is CC(=O)c1ccc(N(CCC(=O)NCCc2ccccc2F)C(C)=O)cc1. The molecule has 0 saturated heterocycles. The third-order valence-corrected chi connectivity index (χ3v) is 4.20. The summed E-state index contributed by atoms with van der Waals surface area (Å²) in [5.74, 6) is -0.739. The molecular weight excluding hydrogens is 347 g/mol. The number of hydrogen-bond donors (Lipinski definition) is 1. The summed E-state index contributed by atoms with van der Waals surface area (Å²) >= 11 is 0. The van der Waals surface area contributed by atoms with E-state index in [1.807, 2.05) is 0 Å². The number of amides is 2. The second-order valence-corrected chi connectivity index (χ2v) is 6.22. The van der Waals surface area contributed by atoms with Crippen LogP contribution in [0.25, 0.3) is 0 Å². The Morgan fingerprint density at radius 3 is 2.26 bits per heavy atom. The average Bonchev–Trinajstić information content (AvgIpc) is 2.63. The molecule has 0 radical (unpaired) electrons. The van der Waals surface area contributed by atoms with Gasteiger partial charge in [-0.1, -0.05) is 18.2 Å². The minimum absolute atomic E-state index is 0.0508. The minimum Gasteiger partial charge on any atom is -0.356 e. The van der Waals surface area contributed by atoms with Gasteiger partial charge in [-0.25, -0.2) is 4.39 Å². The maximum Gasteiger partial charge on any atom is 0.223 e. The summed E-state index contributed by atoms with van der Waals surface area (Å²) in [6, 6.07) is 13.1. The summed E-state index contributed by atoms with van der Waals surface area (Å²) in [7, 11) is 0. The van der Waals surface area contributed by atoms with Gasteiger partial charge in [0.1, 0.15) is 5.82 Å². The molecule has 142 valence electrons. The van der Waals surface area contributed by atoms with Gasteiger partial charge in [-0.05, 0) is 49.2 Å². The smallest absolute Gasteiger partial charge is 0.223 e. The van der Waals surface area contributed by atoms with Crippen LogP contribution in [0.3, 0.4) is 0 Å². The van der Waals surface area contributed by atoms with Crippen LogP contribution in [-0.4, -0.2) is 30.7 Å². The standard InChI is InChI=1S/C21H23FN2O3/c1-15(25)17-7-9-19(10-8-17)24(16(2)26)14-12-21(27)23-13-11-18-5-3-4-6-20(18)22/h3-10H,11-14H2,1-2H3,(H,23,27). The molecule has 0 bridgehead atoms. The first kappa shape index (κ1) is 20.3. The highest BCUT2D eigenvalue weighted by atomic mass is 19.1. The van der Waals surface area contributed by atoms with Gasteiger partial charge < -0.3 is 10.2 Å². The molecule has 1 N–H and O–H groups in total. The number of nitrogens with zero attached hydrogens (tertiary/aromatic N) is 1. The average molecular weight is 370 g/mol. The molecule has 0 aliphatic carbocycles. The molecule has 2 amide bonds. The van der Waals surface area contributed by atoms with E-state index in [0.717, 1.165) is 0 Å². The Kier molecular flexibility index (Phi) is 7.23. The highest BCUT2D eigenvalue weighted by Crippen LogP contribution is 2.16. The minimum atomic E-state index is -0.288. The van der Waals surface area contributed by atoms with Gasteiger partial charge in [0.25, 0.3) is 0 Å². The van der Waals surface area contributed by atoms with Crippen molar-refractivity contribution < 1.29 is 18.8 Å². The lowest BCUT2D eigenvalue weighted by Crippen LogP contribution is -2.34. The van der Waals surface area contributed by atoms with E-state index in [0.29, 0.717) is 29.8 Å². The van der Waals surface area contributed by atoms with Crippen molar-refractivity contribution in [1.82, 2.24) is 5.32 Å². The van der Waals surface area contributed by atoms with Crippen molar-refractivity contribution in [3.05, 3.63) is 65.5 Å². The Bertz CT molecular complexity index is 818. The highest BCUT2D eigenvalue weighted by molar-refractivity contribution is 5.96. The number of hydrogen-bond acceptors (Lipinski definition) is 3. The van der Waals surface area contributed by atoms with Gasteiger partial charge >= 0.3 is 0 Å². The summed E-state index contributed by atoms with van der Waals surface area (Å²) in [6.45, 7) is 3.45. The first-order valence-electron chi connectivity index (χ1n) is 8.77. The maximum absolute atomic E-state index is 13.5. The van der Waals surface area contributed by atoms with Crippen molar-refractivity contribution in [2.24, 2.45) is 0 Å². The molecular formula is C21H23FN2O3. The molecule has 2 aromatic rings. The largest absolute Gasteiger partial charge is 0.356 e. The van der Waals surface area contributed by atoms with Crippen LogP contribution in [0, 0.1) is 5.82 Å². The molecule has 0 unspecified atom stereocenters. The summed E-state index contributed by atoms with van der Waals surface area (Å²) in [5, 5.41) is 2.74. The van der Waals surface area contributed by atoms with Crippen LogP contribution in [0.15, 0.2) is 48.5 Å². The molecule has 6 heteroatoms. The second-order valence-electron chi connectivity index (χ2n) is 6.22. The van der Waals surface area contributed by atoms with E-state index in [1.165, 1.54) is 24.8 Å². The van der Waals surface area contributed by atoms with Crippen LogP contribution >= 0.6 is 0 Å². The van der Waals surface area contributed by atoms with Crippen molar-refractivity contribution in [2.45, 2.75) is 26.7 Å². The summed E-state index contributed by atoms with van der Waals surface area (Å²) in [5.41, 5.74) is 1.74. The van der Waals surface area contributed by atoms with E-state index in [4.69, 9.17) is 0 Å². The fraction of sp³-hybridized carbons (Fsp3) is 0.286. The third-order valence-electron chi connectivity index (χ3n) is 4.20. The van der Waals surface area contributed by atoms with Gasteiger partial charge in [0.2, 0.25) is 11.8 Å². The first-order chi connectivity index (χ1) is 12.9. The molecule has 27 heavy (non-hydrogen) atoms. The normalized spacial score (nSPS) is 10.3. The van der Waals surface area contributed by atoms with Crippen LogP contribution in [0.5, 0.6) is 0 Å². The van der Waals surface area contributed by atoms with Gasteiger partial charge in [-0.3, -0.25) is 14.4 Å². The molecule has 2 rings (SSSR count). The lowest BCUT2D eigenvalue weighted by Gasteiger charge is -2.21. The lowest BCUT2D eigenvalue weighted by molar-refractivity contribution is -0.121. The molecule has 0 heterocycles.